The van der Waals surface area contributed by atoms with Crippen LogP contribution < -0.4 is 15.5 Å². The molecule has 1 heterocycles. The van der Waals surface area contributed by atoms with E-state index in [0.717, 1.165) is 37.6 Å². The molecule has 0 spiro atoms. The average molecular weight is 431 g/mol. The summed E-state index contributed by atoms with van der Waals surface area (Å²) < 4.78 is 27.2. The third kappa shape index (κ3) is 6.40. The van der Waals surface area contributed by atoms with Crippen LogP contribution in [0.15, 0.2) is 47.5 Å². The smallest absolute Gasteiger partial charge is 0.192 e. The molecule has 5 nitrogen and oxygen atoms in total. The lowest BCUT2D eigenvalue weighted by Crippen LogP contribution is -2.39. The Kier molecular flexibility index (Phi) is 8.23. The molecule has 0 aliphatic carbocycles. The van der Waals surface area contributed by atoms with Gasteiger partial charge >= 0.3 is 0 Å². The maximum absolute atomic E-state index is 14.1. The number of guanidine groups is 1. The lowest BCUT2D eigenvalue weighted by Gasteiger charge is -2.32. The minimum atomic E-state index is -0.588. The van der Waals surface area contributed by atoms with Gasteiger partial charge in [0.25, 0.3) is 0 Å². The van der Waals surface area contributed by atoms with Crippen LogP contribution in [0.3, 0.4) is 0 Å². The minimum absolute atomic E-state index is 0.277. The van der Waals surface area contributed by atoms with Crippen molar-refractivity contribution in [3.8, 4) is 0 Å². The van der Waals surface area contributed by atoms with Gasteiger partial charge in [-0.1, -0.05) is 18.2 Å². The third-order valence-corrected chi connectivity index (χ3v) is 5.72. The summed E-state index contributed by atoms with van der Waals surface area (Å²) in [6.07, 6.45) is 2.04. The van der Waals surface area contributed by atoms with Crippen LogP contribution in [0.1, 0.15) is 43.9 Å². The van der Waals surface area contributed by atoms with E-state index in [1.54, 1.807) is 0 Å². The molecule has 1 saturated heterocycles. The Morgan fingerprint density at radius 1 is 1.16 bits per heavy atom. The summed E-state index contributed by atoms with van der Waals surface area (Å²) in [5.74, 6) is -0.161. The van der Waals surface area contributed by atoms with Crippen molar-refractivity contribution < 1.29 is 13.9 Å². The zero-order valence-electron chi connectivity index (χ0n) is 18.2. The Morgan fingerprint density at radius 2 is 1.87 bits per heavy atom. The molecule has 1 aliphatic heterocycles. The first-order chi connectivity index (χ1) is 15.0. The van der Waals surface area contributed by atoms with E-state index in [-0.39, 0.29) is 12.6 Å². The van der Waals surface area contributed by atoms with Crippen LogP contribution in [0.2, 0.25) is 0 Å². The number of benzene rings is 2. The van der Waals surface area contributed by atoms with Gasteiger partial charge in [0, 0.05) is 43.6 Å². The van der Waals surface area contributed by atoms with Crippen molar-refractivity contribution in [1.29, 1.82) is 0 Å². The van der Waals surface area contributed by atoms with Gasteiger partial charge in [0.2, 0.25) is 0 Å². The molecule has 0 amide bonds. The molecule has 0 aromatic heterocycles. The highest BCUT2D eigenvalue weighted by molar-refractivity contribution is 5.80. The van der Waals surface area contributed by atoms with Gasteiger partial charge in [0.05, 0.1) is 12.6 Å². The Morgan fingerprint density at radius 3 is 2.48 bits per heavy atom. The minimum Gasteiger partial charge on any atom is -0.396 e. The first-order valence-electron chi connectivity index (χ1n) is 10.9. The first-order valence-corrected chi connectivity index (χ1v) is 10.9. The number of nitrogens with zero attached hydrogens (tertiary/aromatic N) is 2. The highest BCUT2D eigenvalue weighted by atomic mass is 19.1. The number of aliphatic hydroxyl groups excluding tert-OH is 1. The van der Waals surface area contributed by atoms with Crippen LogP contribution in [0.5, 0.6) is 0 Å². The number of anilines is 1. The zero-order chi connectivity index (χ0) is 22.2. The molecule has 0 saturated carbocycles. The molecule has 3 rings (SSSR count). The largest absolute Gasteiger partial charge is 0.396 e. The fourth-order valence-corrected chi connectivity index (χ4v) is 3.81. The van der Waals surface area contributed by atoms with Crippen LogP contribution in [0, 0.1) is 17.6 Å². The molecule has 7 heteroatoms. The molecule has 2 aromatic rings. The second-order valence-electron chi connectivity index (χ2n) is 8.01. The van der Waals surface area contributed by atoms with Crippen LogP contribution >= 0.6 is 0 Å². The van der Waals surface area contributed by atoms with Gasteiger partial charge in [-0.3, -0.25) is 0 Å². The second-order valence-corrected chi connectivity index (χ2v) is 8.01. The topological polar surface area (TPSA) is 59.9 Å². The number of nitrogens with one attached hydrogen (secondary N) is 2. The Labute approximate surface area is 183 Å². The Balaban J connectivity index is 1.61. The lowest BCUT2D eigenvalue weighted by molar-refractivity contribution is 0.203. The molecular weight excluding hydrogens is 398 g/mol. The fraction of sp³-hybridized carbons (Fsp3) is 0.458. The summed E-state index contributed by atoms with van der Waals surface area (Å²) in [6, 6.07) is 11.6. The molecule has 0 bridgehead atoms. The predicted octanol–water partition coefficient (Wildman–Crippen LogP) is 3.99. The summed E-state index contributed by atoms with van der Waals surface area (Å²) in [7, 11) is 0. The van der Waals surface area contributed by atoms with Gasteiger partial charge in [-0.05, 0) is 56.4 Å². The van der Waals surface area contributed by atoms with Gasteiger partial charge in [-0.15, -0.1) is 0 Å². The van der Waals surface area contributed by atoms with Crippen molar-refractivity contribution in [2.24, 2.45) is 10.9 Å². The Bertz CT molecular complexity index is 864. The molecular formula is C24H32F2N4O. The standard InChI is InChI=1S/C24H32F2N4O/c1-3-27-24(29-17(2)22-9-6-20(25)14-23(22)26)28-15-18-4-7-21(8-5-18)30-12-10-19(16-31)11-13-30/h4-9,14,17,19,31H,3,10-13,15-16H2,1-2H3,(H2,27,28,29). The maximum atomic E-state index is 14.1. The molecule has 1 fully saturated rings. The predicted molar refractivity (Wildman–Crippen MR) is 121 cm³/mol. The van der Waals surface area contributed by atoms with Crippen molar-refractivity contribution in [3.63, 3.8) is 0 Å². The van der Waals surface area contributed by atoms with Crippen molar-refractivity contribution in [2.45, 2.75) is 39.3 Å². The molecule has 2 aromatic carbocycles. The number of aliphatic hydroxyl groups is 1. The molecule has 3 N–H and O–H groups in total. The van der Waals surface area contributed by atoms with E-state index >= 15 is 0 Å². The summed E-state index contributed by atoms with van der Waals surface area (Å²) in [4.78, 5) is 6.97. The Hall–Kier alpha value is -2.67. The van der Waals surface area contributed by atoms with E-state index in [9.17, 15) is 13.9 Å². The van der Waals surface area contributed by atoms with Crippen molar-refractivity contribution >= 4 is 11.6 Å². The van der Waals surface area contributed by atoms with E-state index in [1.807, 2.05) is 13.8 Å². The molecule has 31 heavy (non-hydrogen) atoms. The number of hydrogen-bond donors (Lipinski definition) is 3. The van der Waals surface area contributed by atoms with E-state index in [4.69, 9.17) is 0 Å². The van der Waals surface area contributed by atoms with Gasteiger partial charge in [-0.2, -0.15) is 0 Å². The first kappa shape index (κ1) is 23.0. The molecule has 0 radical (unpaired) electrons. The van der Waals surface area contributed by atoms with Crippen LogP contribution in [-0.2, 0) is 6.54 Å². The second kappa shape index (κ2) is 11.1. The van der Waals surface area contributed by atoms with Crippen LogP contribution in [0.25, 0.3) is 0 Å². The normalized spacial score (nSPS) is 16.3. The highest BCUT2D eigenvalue weighted by Gasteiger charge is 2.18. The van der Waals surface area contributed by atoms with E-state index in [1.165, 1.54) is 17.8 Å². The number of halogens is 2. The van der Waals surface area contributed by atoms with E-state index < -0.39 is 11.6 Å². The van der Waals surface area contributed by atoms with Crippen molar-refractivity contribution in [2.75, 3.05) is 31.1 Å². The summed E-state index contributed by atoms with van der Waals surface area (Å²) in [5, 5.41) is 15.7. The quantitative estimate of drug-likeness (QED) is 0.459. The maximum Gasteiger partial charge on any atom is 0.192 e. The van der Waals surface area contributed by atoms with E-state index in [2.05, 4.69) is 44.8 Å². The van der Waals surface area contributed by atoms with Crippen molar-refractivity contribution in [3.05, 3.63) is 65.2 Å². The zero-order valence-corrected chi connectivity index (χ0v) is 18.2. The van der Waals surface area contributed by atoms with E-state index in [0.29, 0.717) is 30.5 Å². The summed E-state index contributed by atoms with van der Waals surface area (Å²) in [5.41, 5.74) is 2.66. The highest BCUT2D eigenvalue weighted by Crippen LogP contribution is 2.23. The SMILES string of the molecule is CCNC(=NCc1ccc(N2CCC(CO)CC2)cc1)NC(C)c1ccc(F)cc1F. The summed E-state index contributed by atoms with van der Waals surface area (Å²) >= 11 is 0. The van der Waals surface area contributed by atoms with Crippen molar-refractivity contribution in [1.82, 2.24) is 10.6 Å². The van der Waals surface area contributed by atoms with Gasteiger partial charge in [0.15, 0.2) is 5.96 Å². The fourth-order valence-electron chi connectivity index (χ4n) is 3.81. The number of rotatable bonds is 7. The van der Waals surface area contributed by atoms with Gasteiger partial charge in [-0.25, -0.2) is 13.8 Å². The monoisotopic (exact) mass is 430 g/mol. The summed E-state index contributed by atoms with van der Waals surface area (Å²) in [6.45, 7) is 7.16. The molecule has 1 aliphatic rings. The number of piperidine rings is 1. The van der Waals surface area contributed by atoms with Crippen LogP contribution in [-0.4, -0.2) is 37.3 Å². The number of hydrogen-bond acceptors (Lipinski definition) is 3. The molecule has 168 valence electrons. The molecule has 1 atom stereocenters. The van der Waals surface area contributed by atoms with Crippen LogP contribution in [0.4, 0.5) is 14.5 Å². The number of aliphatic imine (C=N–C) groups is 1. The van der Waals surface area contributed by atoms with Gasteiger partial charge < -0.3 is 20.6 Å². The lowest BCUT2D eigenvalue weighted by atomic mass is 9.97. The third-order valence-electron chi connectivity index (χ3n) is 5.72. The molecule has 1 unspecified atom stereocenters. The average Bonchev–Trinajstić information content (AvgIpc) is 2.78. The van der Waals surface area contributed by atoms with Gasteiger partial charge in [0.1, 0.15) is 11.6 Å².